The number of likely N-dealkylation sites (tertiary alicyclic amines) is 1. The molecule has 1 heterocycles. The molecule has 0 bridgehead atoms. The highest BCUT2D eigenvalue weighted by atomic mass is 16.5. The van der Waals surface area contributed by atoms with E-state index in [0.717, 1.165) is 37.4 Å². The number of rotatable bonds is 6. The zero-order valence-electron chi connectivity index (χ0n) is 17.3. The number of methoxy groups -OCH3 is 1. The third-order valence-electron chi connectivity index (χ3n) is 5.83. The molecule has 4 rings (SSSR count). The molecule has 1 aliphatic heterocycles. The number of ether oxygens (including phenoxy) is 1. The Kier molecular flexibility index (Phi) is 6.45. The van der Waals surface area contributed by atoms with E-state index in [9.17, 15) is 4.79 Å². The highest BCUT2D eigenvalue weighted by molar-refractivity contribution is 5.92. The lowest BCUT2D eigenvalue weighted by molar-refractivity contribution is -0.121. The van der Waals surface area contributed by atoms with Crippen LogP contribution in [0.4, 0.5) is 5.69 Å². The van der Waals surface area contributed by atoms with Crippen LogP contribution in [-0.2, 0) is 4.79 Å². The van der Waals surface area contributed by atoms with Gasteiger partial charge in [-0.15, -0.1) is 0 Å². The van der Waals surface area contributed by atoms with E-state index in [-0.39, 0.29) is 17.9 Å². The van der Waals surface area contributed by atoms with Crippen LogP contribution in [0.2, 0.25) is 0 Å². The standard InChI is InChI=1S/C26H28N2O2/c1-30-24-14-8-13-23(19-24)27-26(29)22-15-17-28(18-16-22)25(20-9-4-2-5-10-20)21-11-6-3-7-12-21/h2-14,19,22,25H,15-18H2,1H3,(H,27,29). The number of hydrogen-bond donors (Lipinski definition) is 1. The Hall–Kier alpha value is -3.11. The van der Waals surface area contributed by atoms with Crippen LogP contribution in [0.5, 0.6) is 5.75 Å². The average Bonchev–Trinajstić information content (AvgIpc) is 2.81. The first-order valence-corrected chi connectivity index (χ1v) is 10.5. The lowest BCUT2D eigenvalue weighted by Crippen LogP contribution is -2.40. The summed E-state index contributed by atoms with van der Waals surface area (Å²) in [5, 5.41) is 3.06. The molecule has 1 N–H and O–H groups in total. The van der Waals surface area contributed by atoms with Crippen molar-refractivity contribution in [3.63, 3.8) is 0 Å². The molecule has 0 saturated carbocycles. The van der Waals surface area contributed by atoms with Crippen molar-refractivity contribution in [1.29, 1.82) is 0 Å². The number of hydrogen-bond acceptors (Lipinski definition) is 3. The first kappa shape index (κ1) is 20.2. The largest absolute Gasteiger partial charge is 0.497 e. The third-order valence-corrected chi connectivity index (χ3v) is 5.83. The van der Waals surface area contributed by atoms with Crippen molar-refractivity contribution in [2.45, 2.75) is 18.9 Å². The zero-order valence-corrected chi connectivity index (χ0v) is 17.3. The van der Waals surface area contributed by atoms with Crippen molar-refractivity contribution in [3.8, 4) is 5.75 Å². The average molecular weight is 401 g/mol. The third kappa shape index (κ3) is 4.71. The van der Waals surface area contributed by atoms with Crippen LogP contribution in [0, 0.1) is 5.92 Å². The summed E-state index contributed by atoms with van der Waals surface area (Å²) in [5.41, 5.74) is 3.37. The van der Waals surface area contributed by atoms with Gasteiger partial charge in [-0.05, 0) is 49.2 Å². The maximum absolute atomic E-state index is 12.8. The summed E-state index contributed by atoms with van der Waals surface area (Å²) >= 11 is 0. The van der Waals surface area contributed by atoms with E-state index in [4.69, 9.17) is 4.74 Å². The predicted octanol–water partition coefficient (Wildman–Crippen LogP) is 5.14. The summed E-state index contributed by atoms with van der Waals surface area (Å²) in [6.07, 6.45) is 1.71. The molecule has 3 aromatic rings. The van der Waals surface area contributed by atoms with Gasteiger partial charge in [-0.3, -0.25) is 9.69 Å². The van der Waals surface area contributed by atoms with Crippen molar-refractivity contribution in [2.75, 3.05) is 25.5 Å². The summed E-state index contributed by atoms with van der Waals surface area (Å²) in [7, 11) is 1.63. The smallest absolute Gasteiger partial charge is 0.227 e. The number of nitrogens with one attached hydrogen (secondary N) is 1. The molecular formula is C26H28N2O2. The van der Waals surface area contributed by atoms with E-state index < -0.39 is 0 Å². The SMILES string of the molecule is COc1cccc(NC(=O)C2CCN(C(c3ccccc3)c3ccccc3)CC2)c1. The second-order valence-electron chi connectivity index (χ2n) is 7.76. The molecule has 0 aromatic heterocycles. The van der Waals surface area contributed by atoms with Crippen LogP contribution >= 0.6 is 0 Å². The Labute approximate surface area is 178 Å². The van der Waals surface area contributed by atoms with E-state index in [1.165, 1.54) is 11.1 Å². The van der Waals surface area contributed by atoms with Crippen molar-refractivity contribution >= 4 is 11.6 Å². The van der Waals surface area contributed by atoms with Crippen LogP contribution in [-0.4, -0.2) is 31.0 Å². The van der Waals surface area contributed by atoms with Gasteiger partial charge in [-0.2, -0.15) is 0 Å². The van der Waals surface area contributed by atoms with Gasteiger partial charge in [0.1, 0.15) is 5.75 Å². The number of anilines is 1. The highest BCUT2D eigenvalue weighted by Gasteiger charge is 2.30. The van der Waals surface area contributed by atoms with Gasteiger partial charge in [-0.25, -0.2) is 0 Å². The fourth-order valence-electron chi connectivity index (χ4n) is 4.25. The lowest BCUT2D eigenvalue weighted by atomic mass is 9.91. The molecule has 4 heteroatoms. The van der Waals surface area contributed by atoms with Gasteiger partial charge in [0.25, 0.3) is 0 Å². The number of carbonyl (C=O) groups excluding carboxylic acids is 1. The van der Waals surface area contributed by atoms with Crippen LogP contribution in [0.25, 0.3) is 0 Å². The molecule has 0 aliphatic carbocycles. The van der Waals surface area contributed by atoms with Gasteiger partial charge in [0.05, 0.1) is 13.2 Å². The first-order chi connectivity index (χ1) is 14.7. The Morgan fingerprint density at radius 2 is 1.50 bits per heavy atom. The van der Waals surface area contributed by atoms with Crippen molar-refractivity contribution < 1.29 is 9.53 Å². The van der Waals surface area contributed by atoms with E-state index in [1.807, 2.05) is 24.3 Å². The minimum absolute atomic E-state index is 0.0275. The molecule has 154 valence electrons. The van der Waals surface area contributed by atoms with Crippen LogP contribution in [0.1, 0.15) is 30.0 Å². The Bertz CT molecular complexity index is 912. The quantitative estimate of drug-likeness (QED) is 0.623. The molecule has 0 spiro atoms. The van der Waals surface area contributed by atoms with Gasteiger partial charge in [0, 0.05) is 17.7 Å². The summed E-state index contributed by atoms with van der Waals surface area (Å²) in [5.74, 6) is 0.870. The van der Waals surface area contributed by atoms with E-state index in [1.54, 1.807) is 7.11 Å². The molecular weight excluding hydrogens is 372 g/mol. The zero-order chi connectivity index (χ0) is 20.8. The normalized spacial score (nSPS) is 15.1. The molecule has 0 atom stereocenters. The minimum Gasteiger partial charge on any atom is -0.497 e. The number of nitrogens with zero attached hydrogens (tertiary/aromatic N) is 1. The number of piperidine rings is 1. The van der Waals surface area contributed by atoms with Crippen molar-refractivity contribution in [1.82, 2.24) is 4.90 Å². The Balaban J connectivity index is 1.43. The Morgan fingerprint density at radius 1 is 0.900 bits per heavy atom. The molecule has 1 aliphatic rings. The second kappa shape index (κ2) is 9.59. The van der Waals surface area contributed by atoms with Crippen LogP contribution in [0.15, 0.2) is 84.9 Å². The molecule has 3 aromatic carbocycles. The molecule has 1 fully saturated rings. The highest BCUT2D eigenvalue weighted by Crippen LogP contribution is 2.32. The van der Waals surface area contributed by atoms with Gasteiger partial charge >= 0.3 is 0 Å². The second-order valence-corrected chi connectivity index (χ2v) is 7.76. The van der Waals surface area contributed by atoms with Crippen LogP contribution in [0.3, 0.4) is 0 Å². The minimum atomic E-state index is 0.0275. The van der Waals surface area contributed by atoms with Gasteiger partial charge in [0.15, 0.2) is 0 Å². The molecule has 1 amide bonds. The lowest BCUT2D eigenvalue weighted by Gasteiger charge is -2.37. The summed E-state index contributed by atoms with van der Waals surface area (Å²) < 4.78 is 5.25. The maximum atomic E-state index is 12.8. The molecule has 0 unspecified atom stereocenters. The van der Waals surface area contributed by atoms with Crippen LogP contribution < -0.4 is 10.1 Å². The van der Waals surface area contributed by atoms with Crippen molar-refractivity contribution in [2.24, 2.45) is 5.92 Å². The molecule has 4 nitrogen and oxygen atoms in total. The molecule has 1 saturated heterocycles. The molecule has 0 radical (unpaired) electrons. The summed E-state index contributed by atoms with van der Waals surface area (Å²) in [6.45, 7) is 1.79. The van der Waals surface area contributed by atoms with Gasteiger partial charge in [-0.1, -0.05) is 66.7 Å². The fourth-order valence-corrected chi connectivity index (χ4v) is 4.25. The predicted molar refractivity (Wildman–Crippen MR) is 121 cm³/mol. The molecule has 30 heavy (non-hydrogen) atoms. The van der Waals surface area contributed by atoms with E-state index >= 15 is 0 Å². The maximum Gasteiger partial charge on any atom is 0.227 e. The monoisotopic (exact) mass is 400 g/mol. The Morgan fingerprint density at radius 3 is 2.07 bits per heavy atom. The van der Waals surface area contributed by atoms with Gasteiger partial charge in [0.2, 0.25) is 5.91 Å². The van der Waals surface area contributed by atoms with E-state index in [0.29, 0.717) is 0 Å². The number of carbonyl (C=O) groups is 1. The van der Waals surface area contributed by atoms with Crippen molar-refractivity contribution in [3.05, 3.63) is 96.1 Å². The summed E-state index contributed by atoms with van der Waals surface area (Å²) in [6, 6.07) is 29.0. The fraction of sp³-hybridized carbons (Fsp3) is 0.269. The first-order valence-electron chi connectivity index (χ1n) is 10.5. The number of benzene rings is 3. The van der Waals surface area contributed by atoms with E-state index in [2.05, 4.69) is 70.9 Å². The summed E-state index contributed by atoms with van der Waals surface area (Å²) in [4.78, 5) is 15.3. The number of amides is 1. The topological polar surface area (TPSA) is 41.6 Å². The van der Waals surface area contributed by atoms with Gasteiger partial charge < -0.3 is 10.1 Å².